The number of amides is 2. The highest BCUT2D eigenvalue weighted by Gasteiger charge is 2.43. The third kappa shape index (κ3) is 5.70. The van der Waals surface area contributed by atoms with E-state index in [4.69, 9.17) is 0 Å². The summed E-state index contributed by atoms with van der Waals surface area (Å²) in [6, 6.07) is 15.6. The molecule has 7 nitrogen and oxygen atoms in total. The Kier molecular flexibility index (Phi) is 7.73. The van der Waals surface area contributed by atoms with Crippen LogP contribution >= 0.6 is 11.8 Å². The molecule has 0 radical (unpaired) electrons. The lowest BCUT2D eigenvalue weighted by Gasteiger charge is -2.30. The minimum atomic E-state index is -3.99. The number of anilines is 1. The van der Waals surface area contributed by atoms with Crippen LogP contribution in [0.1, 0.15) is 51.0 Å². The van der Waals surface area contributed by atoms with Gasteiger partial charge in [0, 0.05) is 18.2 Å². The van der Waals surface area contributed by atoms with Crippen molar-refractivity contribution in [2.75, 3.05) is 5.32 Å². The summed E-state index contributed by atoms with van der Waals surface area (Å²) in [5.74, 6) is -0.532. The summed E-state index contributed by atoms with van der Waals surface area (Å²) < 4.78 is 30.3. The van der Waals surface area contributed by atoms with Crippen molar-refractivity contribution >= 4 is 44.5 Å². The van der Waals surface area contributed by atoms with E-state index < -0.39 is 15.3 Å². The molecular weight excluding hydrogens is 470 g/mol. The zero-order chi connectivity index (χ0) is 24.1. The van der Waals surface area contributed by atoms with E-state index in [1.807, 2.05) is 25.1 Å². The van der Waals surface area contributed by atoms with E-state index >= 15 is 0 Å². The molecule has 2 aliphatic rings. The van der Waals surface area contributed by atoms with E-state index in [0.29, 0.717) is 5.69 Å². The minimum Gasteiger partial charge on any atom is -0.326 e. The molecule has 1 saturated heterocycles. The van der Waals surface area contributed by atoms with Gasteiger partial charge in [0.05, 0.1) is 4.90 Å². The van der Waals surface area contributed by atoms with Crippen LogP contribution in [0, 0.1) is 0 Å². The van der Waals surface area contributed by atoms with Crippen LogP contribution in [0.15, 0.2) is 63.9 Å². The maximum Gasteiger partial charge on any atom is 0.284 e. The first-order valence-corrected chi connectivity index (χ1v) is 14.0. The SMILES string of the molecule is CCc1ccc(S(=O)(=O)N=C2S[C@@H](CC(=O)Nc3ccccc3)C(=O)N2C2CCCCC2)cc1. The van der Waals surface area contributed by atoms with Gasteiger partial charge in [-0.15, -0.1) is 4.40 Å². The zero-order valence-electron chi connectivity index (χ0n) is 19.1. The lowest BCUT2D eigenvalue weighted by molar-refractivity contribution is -0.130. The molecule has 4 rings (SSSR count). The van der Waals surface area contributed by atoms with Crippen LogP contribution in [0.2, 0.25) is 0 Å². The number of rotatable bonds is 7. The van der Waals surface area contributed by atoms with Crippen LogP contribution in [0.4, 0.5) is 5.69 Å². The number of aryl methyl sites for hydroxylation is 1. The predicted molar refractivity (Wildman–Crippen MR) is 135 cm³/mol. The minimum absolute atomic E-state index is 0.0497. The number of carbonyl (C=O) groups is 2. The van der Waals surface area contributed by atoms with E-state index in [2.05, 4.69) is 9.71 Å². The fourth-order valence-electron chi connectivity index (χ4n) is 4.31. The fourth-order valence-corrected chi connectivity index (χ4v) is 6.71. The molecule has 0 bridgehead atoms. The van der Waals surface area contributed by atoms with Gasteiger partial charge in [-0.25, -0.2) is 0 Å². The Bertz CT molecular complexity index is 1160. The highest BCUT2D eigenvalue weighted by molar-refractivity contribution is 8.16. The maximum atomic E-state index is 13.4. The first-order valence-electron chi connectivity index (χ1n) is 11.7. The molecule has 1 saturated carbocycles. The van der Waals surface area contributed by atoms with Crippen LogP contribution in [-0.4, -0.2) is 41.6 Å². The van der Waals surface area contributed by atoms with Gasteiger partial charge in [0.1, 0.15) is 5.25 Å². The van der Waals surface area contributed by atoms with Gasteiger partial charge in [-0.3, -0.25) is 14.5 Å². The maximum absolute atomic E-state index is 13.4. The topological polar surface area (TPSA) is 95.9 Å². The number of benzene rings is 2. The molecule has 2 aromatic carbocycles. The Balaban J connectivity index is 1.58. The molecule has 180 valence electrons. The van der Waals surface area contributed by atoms with Crippen LogP contribution in [0.5, 0.6) is 0 Å². The molecule has 0 spiro atoms. The molecule has 2 amide bonds. The summed E-state index contributed by atoms with van der Waals surface area (Å²) in [4.78, 5) is 27.6. The van der Waals surface area contributed by atoms with E-state index in [0.717, 1.165) is 55.9 Å². The summed E-state index contributed by atoms with van der Waals surface area (Å²) in [7, 11) is -3.99. The molecule has 0 aromatic heterocycles. The Morgan fingerprint density at radius 3 is 2.38 bits per heavy atom. The van der Waals surface area contributed by atoms with Gasteiger partial charge in [-0.05, 0) is 49.1 Å². The van der Waals surface area contributed by atoms with Gasteiger partial charge in [-0.1, -0.05) is 68.3 Å². The highest BCUT2D eigenvalue weighted by atomic mass is 32.2. The summed E-state index contributed by atoms with van der Waals surface area (Å²) in [6.45, 7) is 2.00. The number of thioether (sulfide) groups is 1. The third-order valence-corrected chi connectivity index (χ3v) is 8.71. The Labute approximate surface area is 205 Å². The molecule has 9 heteroatoms. The van der Waals surface area contributed by atoms with Gasteiger partial charge in [0.25, 0.3) is 10.0 Å². The second kappa shape index (κ2) is 10.7. The molecular formula is C25H29N3O4S2. The van der Waals surface area contributed by atoms with Crippen molar-refractivity contribution in [1.82, 2.24) is 4.90 Å². The number of para-hydroxylation sites is 1. The van der Waals surface area contributed by atoms with Gasteiger partial charge in [-0.2, -0.15) is 8.42 Å². The number of hydrogen-bond acceptors (Lipinski definition) is 5. The molecule has 2 fully saturated rings. The smallest absolute Gasteiger partial charge is 0.284 e. The fraction of sp³-hybridized carbons (Fsp3) is 0.400. The quantitative estimate of drug-likeness (QED) is 0.601. The van der Waals surface area contributed by atoms with Gasteiger partial charge >= 0.3 is 0 Å². The van der Waals surface area contributed by atoms with E-state index in [1.165, 1.54) is 0 Å². The monoisotopic (exact) mass is 499 g/mol. The lowest BCUT2D eigenvalue weighted by Crippen LogP contribution is -2.42. The first kappa shape index (κ1) is 24.5. The lowest BCUT2D eigenvalue weighted by atomic mass is 9.94. The molecule has 1 atom stereocenters. The van der Waals surface area contributed by atoms with Gasteiger partial charge in [0.2, 0.25) is 11.8 Å². The number of carbonyl (C=O) groups excluding carboxylic acids is 2. The molecule has 34 heavy (non-hydrogen) atoms. The number of nitrogens with zero attached hydrogens (tertiary/aromatic N) is 2. The van der Waals surface area contributed by atoms with Crippen LogP contribution < -0.4 is 5.32 Å². The van der Waals surface area contributed by atoms with Crippen molar-refractivity contribution in [1.29, 1.82) is 0 Å². The Morgan fingerprint density at radius 2 is 1.74 bits per heavy atom. The molecule has 1 heterocycles. The highest BCUT2D eigenvalue weighted by Crippen LogP contribution is 2.36. The van der Waals surface area contributed by atoms with Gasteiger partial charge in [0.15, 0.2) is 5.17 Å². The Morgan fingerprint density at radius 1 is 1.06 bits per heavy atom. The average Bonchev–Trinajstić information content (AvgIpc) is 3.13. The van der Waals surface area contributed by atoms with Crippen molar-refractivity contribution in [3.8, 4) is 0 Å². The molecule has 0 unspecified atom stereocenters. The largest absolute Gasteiger partial charge is 0.326 e. The van der Waals surface area contributed by atoms with Crippen molar-refractivity contribution in [3.63, 3.8) is 0 Å². The Hall–Kier alpha value is -2.65. The van der Waals surface area contributed by atoms with E-state index in [-0.39, 0.29) is 34.3 Å². The summed E-state index contributed by atoms with van der Waals surface area (Å²) in [6.07, 6.45) is 5.43. The average molecular weight is 500 g/mol. The summed E-state index contributed by atoms with van der Waals surface area (Å²) >= 11 is 1.07. The molecule has 2 aromatic rings. The molecule has 1 aliphatic carbocycles. The molecule has 1 N–H and O–H groups in total. The third-order valence-electron chi connectivity index (χ3n) is 6.16. The van der Waals surface area contributed by atoms with Crippen molar-refractivity contribution in [2.45, 2.75) is 68.1 Å². The van der Waals surface area contributed by atoms with Crippen LogP contribution in [0.25, 0.3) is 0 Å². The number of hydrogen-bond donors (Lipinski definition) is 1. The predicted octanol–water partition coefficient (Wildman–Crippen LogP) is 4.60. The van der Waals surface area contributed by atoms with Crippen molar-refractivity contribution in [3.05, 3.63) is 60.2 Å². The van der Waals surface area contributed by atoms with Crippen LogP contribution in [0.3, 0.4) is 0 Å². The number of nitrogens with one attached hydrogen (secondary N) is 1. The first-order chi connectivity index (χ1) is 16.4. The second-order valence-electron chi connectivity index (χ2n) is 8.57. The zero-order valence-corrected chi connectivity index (χ0v) is 20.8. The number of sulfonamides is 1. The van der Waals surface area contributed by atoms with Gasteiger partial charge < -0.3 is 5.32 Å². The van der Waals surface area contributed by atoms with Crippen molar-refractivity contribution < 1.29 is 18.0 Å². The normalized spacial score (nSPS) is 20.6. The standard InChI is InChI=1S/C25H29N3O4S2/c1-2-18-13-15-21(16-14-18)34(31,32)27-25-28(20-11-7-4-8-12-20)24(30)22(33-25)17-23(29)26-19-9-5-3-6-10-19/h3,5-6,9-10,13-16,20,22H,2,4,7-8,11-12,17H2,1H3,(H,26,29)/t22-/m0/s1. The van der Waals surface area contributed by atoms with Crippen molar-refractivity contribution in [2.24, 2.45) is 4.40 Å². The summed E-state index contributed by atoms with van der Waals surface area (Å²) in [5.41, 5.74) is 1.68. The van der Waals surface area contributed by atoms with E-state index in [1.54, 1.807) is 41.3 Å². The summed E-state index contributed by atoms with van der Waals surface area (Å²) in [5, 5.41) is 2.27. The van der Waals surface area contributed by atoms with E-state index in [9.17, 15) is 18.0 Å². The second-order valence-corrected chi connectivity index (χ2v) is 11.3. The molecule has 1 aliphatic heterocycles. The number of amidine groups is 1. The van der Waals surface area contributed by atoms with Crippen LogP contribution in [-0.2, 0) is 26.0 Å².